The molecule has 3 nitrogen and oxygen atoms in total. The quantitative estimate of drug-likeness (QED) is 0.411. The average molecular weight is 220 g/mol. The molecule has 80 valence electrons. The minimum Gasteiger partial charge on any atom is -0.617 e. The largest absolute Gasteiger partial charge is 0.617 e. The molecule has 0 fully saturated rings. The molecule has 0 aliphatic rings. The lowest BCUT2D eigenvalue weighted by atomic mass is 10.2. The Labute approximate surface area is 81.8 Å². The van der Waals surface area contributed by atoms with Crippen molar-refractivity contribution < 1.29 is 22.3 Å². The Hall–Kier alpha value is -1.84. The molecule has 1 heterocycles. The molecule has 15 heavy (non-hydrogen) atoms. The van der Waals surface area contributed by atoms with Crippen molar-refractivity contribution in [2.24, 2.45) is 0 Å². The van der Waals surface area contributed by atoms with Crippen LogP contribution in [0.4, 0.5) is 17.6 Å². The van der Waals surface area contributed by atoms with Crippen molar-refractivity contribution in [2.75, 3.05) is 0 Å². The first kappa shape index (κ1) is 11.2. The molecule has 1 unspecified atom stereocenters. The van der Waals surface area contributed by atoms with E-state index < -0.39 is 23.7 Å². The van der Waals surface area contributed by atoms with Crippen LogP contribution in [0, 0.1) is 16.5 Å². The van der Waals surface area contributed by atoms with Gasteiger partial charge in [0.1, 0.15) is 0 Å². The third kappa shape index (κ3) is 2.15. The van der Waals surface area contributed by atoms with Crippen LogP contribution in [0.1, 0.15) is 17.6 Å². The Morgan fingerprint density at radius 2 is 2.00 bits per heavy atom. The fraction of sp³-hybridized carbons (Fsp3) is 0.250. The fourth-order valence-corrected chi connectivity index (χ4v) is 0.950. The molecule has 0 saturated carbocycles. The molecule has 0 amide bonds. The third-order valence-electron chi connectivity index (χ3n) is 1.64. The number of alkyl halides is 4. The molecule has 1 atom stereocenters. The van der Waals surface area contributed by atoms with Gasteiger partial charge < -0.3 is 5.21 Å². The van der Waals surface area contributed by atoms with E-state index in [1.807, 2.05) is 0 Å². The highest BCUT2D eigenvalue weighted by Gasteiger charge is 2.46. The maximum Gasteiger partial charge on any atom is 0.430 e. The summed E-state index contributed by atoms with van der Waals surface area (Å²) in [4.78, 5) is 0. The van der Waals surface area contributed by atoms with Gasteiger partial charge in [0.25, 0.3) is 11.9 Å². The van der Waals surface area contributed by atoms with Crippen molar-refractivity contribution in [3.05, 3.63) is 34.8 Å². The highest BCUT2D eigenvalue weighted by Crippen LogP contribution is 2.34. The lowest BCUT2D eigenvalue weighted by Gasteiger charge is -2.12. The van der Waals surface area contributed by atoms with Crippen LogP contribution in [0.5, 0.6) is 0 Å². The fourth-order valence-electron chi connectivity index (χ4n) is 0.950. The van der Waals surface area contributed by atoms with Crippen molar-refractivity contribution in [1.82, 2.24) is 0 Å². The molecule has 0 spiro atoms. The van der Waals surface area contributed by atoms with E-state index in [4.69, 9.17) is 5.26 Å². The van der Waals surface area contributed by atoms with Crippen LogP contribution < -0.4 is 4.73 Å². The molecule has 0 N–H and O–H groups in total. The summed E-state index contributed by atoms with van der Waals surface area (Å²) in [5, 5.41) is 19.4. The smallest absolute Gasteiger partial charge is 0.430 e. The topological polar surface area (TPSA) is 50.7 Å². The van der Waals surface area contributed by atoms with E-state index >= 15 is 0 Å². The van der Waals surface area contributed by atoms with E-state index in [9.17, 15) is 22.8 Å². The van der Waals surface area contributed by atoms with Crippen molar-refractivity contribution in [2.45, 2.75) is 12.3 Å². The number of hydrogen-bond acceptors (Lipinski definition) is 2. The predicted molar refractivity (Wildman–Crippen MR) is 40.0 cm³/mol. The predicted octanol–water partition coefficient (Wildman–Crippen LogP) is 1.76. The molecular formula is C8H4F4N2O. The van der Waals surface area contributed by atoms with Crippen LogP contribution in [-0.2, 0) is 0 Å². The lowest BCUT2D eigenvalue weighted by molar-refractivity contribution is -0.622. The van der Waals surface area contributed by atoms with Crippen molar-refractivity contribution in [3.63, 3.8) is 0 Å². The van der Waals surface area contributed by atoms with Gasteiger partial charge in [0.2, 0.25) is 5.69 Å². The van der Waals surface area contributed by atoms with Gasteiger partial charge in [0.15, 0.2) is 6.07 Å². The maximum absolute atomic E-state index is 12.8. The molecule has 1 aromatic rings. The van der Waals surface area contributed by atoms with Gasteiger partial charge in [-0.25, -0.2) is 4.39 Å². The van der Waals surface area contributed by atoms with Gasteiger partial charge >= 0.3 is 6.18 Å². The molecule has 1 aromatic heterocycles. The van der Waals surface area contributed by atoms with E-state index in [1.54, 1.807) is 0 Å². The normalized spacial score (nSPS) is 13.3. The van der Waals surface area contributed by atoms with Gasteiger partial charge in [0, 0.05) is 12.1 Å². The van der Waals surface area contributed by atoms with Crippen LogP contribution in [0.3, 0.4) is 0 Å². The summed E-state index contributed by atoms with van der Waals surface area (Å²) < 4.78 is 48.2. The van der Waals surface area contributed by atoms with Crippen LogP contribution in [0.25, 0.3) is 0 Å². The van der Waals surface area contributed by atoms with Crippen LogP contribution in [-0.4, -0.2) is 6.18 Å². The maximum atomic E-state index is 12.8. The second kappa shape index (κ2) is 3.73. The standard InChI is InChI=1S/C8H4F4N2O/c9-7(8(10,11)12)6-3-1-2-5(4-13)14(6)15/h1-3,7H. The Bertz CT molecular complexity index is 410. The van der Waals surface area contributed by atoms with Crippen LogP contribution in [0.2, 0.25) is 0 Å². The first-order valence-electron chi connectivity index (χ1n) is 3.71. The Morgan fingerprint density at radius 3 is 2.47 bits per heavy atom. The lowest BCUT2D eigenvalue weighted by Crippen LogP contribution is -2.39. The summed E-state index contributed by atoms with van der Waals surface area (Å²) in [7, 11) is 0. The van der Waals surface area contributed by atoms with Gasteiger partial charge in [-0.2, -0.15) is 23.2 Å². The number of pyridine rings is 1. The van der Waals surface area contributed by atoms with E-state index in [1.165, 1.54) is 6.07 Å². The van der Waals surface area contributed by atoms with Crippen molar-refractivity contribution in [3.8, 4) is 6.07 Å². The molecular weight excluding hydrogens is 216 g/mol. The second-order valence-electron chi connectivity index (χ2n) is 2.65. The third-order valence-corrected chi connectivity index (χ3v) is 1.64. The Kier molecular flexibility index (Phi) is 2.79. The first-order chi connectivity index (χ1) is 6.88. The zero-order chi connectivity index (χ0) is 11.6. The van der Waals surface area contributed by atoms with E-state index in [0.717, 1.165) is 12.1 Å². The zero-order valence-corrected chi connectivity index (χ0v) is 7.12. The van der Waals surface area contributed by atoms with Gasteiger partial charge in [-0.05, 0) is 6.07 Å². The van der Waals surface area contributed by atoms with Gasteiger partial charge in [-0.15, -0.1) is 0 Å². The summed E-state index contributed by atoms with van der Waals surface area (Å²) in [6, 6.07) is 4.06. The minimum absolute atomic E-state index is 0.363. The highest BCUT2D eigenvalue weighted by molar-refractivity contribution is 5.17. The monoisotopic (exact) mass is 220 g/mol. The Morgan fingerprint density at radius 1 is 1.40 bits per heavy atom. The number of nitriles is 1. The summed E-state index contributed by atoms with van der Waals surface area (Å²) in [5.74, 6) is 0. The van der Waals surface area contributed by atoms with Crippen LogP contribution >= 0.6 is 0 Å². The van der Waals surface area contributed by atoms with E-state index in [2.05, 4.69) is 0 Å². The first-order valence-corrected chi connectivity index (χ1v) is 3.71. The molecule has 0 aromatic carbocycles. The van der Waals surface area contributed by atoms with E-state index in [-0.39, 0.29) is 4.73 Å². The van der Waals surface area contributed by atoms with Crippen LogP contribution in [0.15, 0.2) is 18.2 Å². The number of nitrogens with zero attached hydrogens (tertiary/aromatic N) is 2. The molecule has 7 heteroatoms. The highest BCUT2D eigenvalue weighted by atomic mass is 19.4. The molecule has 0 aliphatic carbocycles. The van der Waals surface area contributed by atoms with Gasteiger partial charge in [-0.3, -0.25) is 0 Å². The Balaban J connectivity index is 3.23. The number of rotatable bonds is 1. The molecule has 1 rings (SSSR count). The van der Waals surface area contributed by atoms with Crippen molar-refractivity contribution in [1.29, 1.82) is 5.26 Å². The summed E-state index contributed by atoms with van der Waals surface area (Å²) >= 11 is 0. The number of hydrogen-bond donors (Lipinski definition) is 0. The second-order valence-corrected chi connectivity index (χ2v) is 2.65. The SMILES string of the molecule is N#Cc1cccc(C(F)C(F)(F)F)[n+]1[O-]. The van der Waals surface area contributed by atoms with Gasteiger partial charge in [0.05, 0.1) is 0 Å². The summed E-state index contributed by atoms with van der Waals surface area (Å²) in [6.07, 6.45) is -8.54. The minimum atomic E-state index is -5.15. The molecule has 0 bridgehead atoms. The summed E-state index contributed by atoms with van der Waals surface area (Å²) in [5.41, 5.74) is -1.72. The number of halogens is 4. The number of aromatic nitrogens is 1. The van der Waals surface area contributed by atoms with E-state index in [0.29, 0.717) is 6.07 Å². The molecule has 0 aliphatic heterocycles. The summed E-state index contributed by atoms with van der Waals surface area (Å²) in [6.45, 7) is 0. The average Bonchev–Trinajstić information content (AvgIpc) is 2.16. The molecule has 0 radical (unpaired) electrons. The van der Waals surface area contributed by atoms with Crippen molar-refractivity contribution >= 4 is 0 Å². The zero-order valence-electron chi connectivity index (χ0n) is 7.12. The van der Waals surface area contributed by atoms with Gasteiger partial charge in [-0.1, -0.05) is 0 Å². The molecule has 0 saturated heterocycles.